The van der Waals surface area contributed by atoms with Gasteiger partial charge < -0.3 is 24.3 Å². The maximum Gasteiger partial charge on any atom is 0.343 e. The van der Waals surface area contributed by atoms with Gasteiger partial charge in [-0.3, -0.25) is 0 Å². The highest BCUT2D eigenvalue weighted by Gasteiger charge is 2.50. The maximum atomic E-state index is 12.4. The van der Waals surface area contributed by atoms with Gasteiger partial charge in [-0.15, -0.1) is 0 Å². The van der Waals surface area contributed by atoms with E-state index < -0.39 is 5.79 Å². The Morgan fingerprint density at radius 1 is 0.912 bits per heavy atom. The van der Waals surface area contributed by atoms with Crippen molar-refractivity contribution in [1.82, 2.24) is 5.32 Å². The average molecular weight is 468 g/mol. The standard InChI is InChI=1S/C28H37NO5/c1-6-20-7-11-24(12-8-20)34-25(30)22-9-13-23(14-10-22)31-15-21-16-32-28(33-17-21)18-26(2,3)29-27(4,5)19-28/h7-14,21,29H,6,15-19H2,1-5H3. The Bertz CT molecular complexity index is 955. The Hall–Kier alpha value is -2.41. The molecule has 6 nitrogen and oxygen atoms in total. The highest BCUT2D eigenvalue weighted by atomic mass is 16.7. The van der Waals surface area contributed by atoms with E-state index in [4.69, 9.17) is 18.9 Å². The minimum absolute atomic E-state index is 0.0487. The van der Waals surface area contributed by atoms with E-state index in [0.717, 1.165) is 19.3 Å². The molecule has 2 aromatic rings. The molecule has 2 saturated heterocycles. The van der Waals surface area contributed by atoms with Gasteiger partial charge in [0.2, 0.25) is 0 Å². The third kappa shape index (κ3) is 6.17. The Morgan fingerprint density at radius 3 is 2.03 bits per heavy atom. The molecule has 0 amide bonds. The minimum Gasteiger partial charge on any atom is -0.493 e. The quantitative estimate of drug-likeness (QED) is 0.468. The van der Waals surface area contributed by atoms with E-state index in [1.54, 1.807) is 24.3 Å². The van der Waals surface area contributed by atoms with Gasteiger partial charge in [0, 0.05) is 29.8 Å². The third-order valence-corrected chi connectivity index (χ3v) is 6.38. The number of aryl methyl sites for hydroxylation is 1. The molecular weight excluding hydrogens is 430 g/mol. The van der Waals surface area contributed by atoms with E-state index in [1.807, 2.05) is 24.3 Å². The molecule has 0 bridgehead atoms. The summed E-state index contributed by atoms with van der Waals surface area (Å²) in [5.41, 5.74) is 1.59. The molecule has 0 atom stereocenters. The number of ether oxygens (including phenoxy) is 4. The molecule has 2 aliphatic heterocycles. The summed E-state index contributed by atoms with van der Waals surface area (Å²) in [5.74, 6) is 0.477. The molecule has 0 saturated carbocycles. The number of carbonyl (C=O) groups is 1. The van der Waals surface area contributed by atoms with Gasteiger partial charge in [-0.05, 0) is 76.1 Å². The number of carbonyl (C=O) groups excluding carboxylic acids is 1. The Kier molecular flexibility index (Phi) is 7.04. The maximum absolute atomic E-state index is 12.4. The molecule has 2 aromatic carbocycles. The predicted octanol–water partition coefficient (Wildman–Crippen LogP) is 5.15. The summed E-state index contributed by atoms with van der Waals surface area (Å²) in [6.45, 7) is 12.6. The molecule has 0 aromatic heterocycles. The van der Waals surface area contributed by atoms with E-state index in [9.17, 15) is 4.79 Å². The zero-order valence-electron chi connectivity index (χ0n) is 21.0. The van der Waals surface area contributed by atoms with Crippen molar-refractivity contribution < 1.29 is 23.7 Å². The van der Waals surface area contributed by atoms with Crippen molar-refractivity contribution >= 4 is 5.97 Å². The molecule has 0 unspecified atom stereocenters. The molecule has 6 heteroatoms. The second-order valence-electron chi connectivity index (χ2n) is 10.9. The molecule has 2 fully saturated rings. The summed E-state index contributed by atoms with van der Waals surface area (Å²) in [5, 5.41) is 3.67. The van der Waals surface area contributed by atoms with Crippen LogP contribution < -0.4 is 14.8 Å². The van der Waals surface area contributed by atoms with E-state index in [0.29, 0.717) is 36.9 Å². The van der Waals surface area contributed by atoms with Gasteiger partial charge in [-0.25, -0.2) is 4.79 Å². The van der Waals surface area contributed by atoms with Crippen LogP contribution in [0.15, 0.2) is 48.5 Å². The van der Waals surface area contributed by atoms with Crippen LogP contribution in [-0.2, 0) is 15.9 Å². The fraction of sp³-hybridized carbons (Fsp3) is 0.536. The van der Waals surface area contributed by atoms with Crippen molar-refractivity contribution in [3.8, 4) is 11.5 Å². The molecule has 0 aliphatic carbocycles. The molecule has 4 rings (SSSR count). The Morgan fingerprint density at radius 2 is 1.47 bits per heavy atom. The summed E-state index contributed by atoms with van der Waals surface area (Å²) in [7, 11) is 0. The molecule has 1 spiro atoms. The highest BCUT2D eigenvalue weighted by molar-refractivity contribution is 5.91. The molecule has 1 N–H and O–H groups in total. The molecule has 34 heavy (non-hydrogen) atoms. The van der Waals surface area contributed by atoms with Gasteiger partial charge in [0.05, 0.1) is 25.4 Å². The molecule has 2 heterocycles. The number of hydrogen-bond donors (Lipinski definition) is 1. The van der Waals surface area contributed by atoms with Crippen LogP contribution >= 0.6 is 0 Å². The first-order valence-corrected chi connectivity index (χ1v) is 12.2. The lowest BCUT2D eigenvalue weighted by Crippen LogP contribution is -2.66. The summed E-state index contributed by atoms with van der Waals surface area (Å²) in [4.78, 5) is 12.4. The van der Waals surface area contributed by atoms with Gasteiger partial charge in [-0.1, -0.05) is 19.1 Å². The van der Waals surface area contributed by atoms with Crippen LogP contribution in [0.2, 0.25) is 0 Å². The number of nitrogens with one attached hydrogen (secondary N) is 1. The van der Waals surface area contributed by atoms with Crippen LogP contribution in [0, 0.1) is 5.92 Å². The summed E-state index contributed by atoms with van der Waals surface area (Å²) >= 11 is 0. The summed E-state index contributed by atoms with van der Waals surface area (Å²) in [6, 6.07) is 14.6. The zero-order valence-corrected chi connectivity index (χ0v) is 21.0. The average Bonchev–Trinajstić information content (AvgIpc) is 2.77. The first kappa shape index (κ1) is 24.7. The molecule has 0 radical (unpaired) electrons. The van der Waals surface area contributed by atoms with Crippen molar-refractivity contribution in [1.29, 1.82) is 0 Å². The number of rotatable bonds is 6. The summed E-state index contributed by atoms with van der Waals surface area (Å²) < 4.78 is 24.0. The topological polar surface area (TPSA) is 66.0 Å². The molecule has 2 aliphatic rings. The Labute approximate surface area is 202 Å². The fourth-order valence-corrected chi connectivity index (χ4v) is 5.20. The second kappa shape index (κ2) is 9.68. The predicted molar refractivity (Wildman–Crippen MR) is 131 cm³/mol. The minimum atomic E-state index is -0.534. The van der Waals surface area contributed by atoms with Crippen LogP contribution in [0.1, 0.15) is 63.4 Å². The van der Waals surface area contributed by atoms with E-state index in [2.05, 4.69) is 39.9 Å². The monoisotopic (exact) mass is 467 g/mol. The number of piperidine rings is 1. The van der Waals surface area contributed by atoms with Gasteiger partial charge in [-0.2, -0.15) is 0 Å². The lowest BCUT2D eigenvalue weighted by molar-refractivity contribution is -0.312. The second-order valence-corrected chi connectivity index (χ2v) is 10.9. The van der Waals surface area contributed by atoms with Gasteiger partial charge in [0.25, 0.3) is 0 Å². The Balaban J connectivity index is 1.26. The van der Waals surface area contributed by atoms with Crippen molar-refractivity contribution in [3.63, 3.8) is 0 Å². The smallest absolute Gasteiger partial charge is 0.343 e. The van der Waals surface area contributed by atoms with E-state index >= 15 is 0 Å². The van der Waals surface area contributed by atoms with E-state index in [1.165, 1.54) is 5.56 Å². The van der Waals surface area contributed by atoms with Gasteiger partial charge in [0.1, 0.15) is 11.5 Å². The van der Waals surface area contributed by atoms with Crippen LogP contribution in [-0.4, -0.2) is 42.7 Å². The first-order chi connectivity index (χ1) is 16.1. The third-order valence-electron chi connectivity index (χ3n) is 6.38. The zero-order chi connectivity index (χ0) is 24.4. The lowest BCUT2D eigenvalue weighted by atomic mass is 9.78. The summed E-state index contributed by atoms with van der Waals surface area (Å²) in [6.07, 6.45) is 2.58. The SMILES string of the molecule is CCc1ccc(OC(=O)c2ccc(OCC3COC4(CC(C)(C)NC(C)(C)C4)OC3)cc2)cc1. The van der Waals surface area contributed by atoms with Crippen LogP contribution in [0.4, 0.5) is 0 Å². The van der Waals surface area contributed by atoms with Gasteiger partial charge >= 0.3 is 5.97 Å². The number of esters is 1. The van der Waals surface area contributed by atoms with Crippen LogP contribution in [0.25, 0.3) is 0 Å². The molecule has 184 valence electrons. The van der Waals surface area contributed by atoms with Crippen molar-refractivity contribution in [2.24, 2.45) is 5.92 Å². The van der Waals surface area contributed by atoms with Crippen LogP contribution in [0.5, 0.6) is 11.5 Å². The van der Waals surface area contributed by atoms with E-state index in [-0.39, 0.29) is 23.0 Å². The normalized spacial score (nSPS) is 21.2. The first-order valence-electron chi connectivity index (χ1n) is 12.2. The highest BCUT2D eigenvalue weighted by Crippen LogP contribution is 2.41. The van der Waals surface area contributed by atoms with Crippen molar-refractivity contribution in [3.05, 3.63) is 59.7 Å². The number of hydrogen-bond acceptors (Lipinski definition) is 6. The number of benzene rings is 2. The van der Waals surface area contributed by atoms with Crippen molar-refractivity contribution in [2.75, 3.05) is 19.8 Å². The largest absolute Gasteiger partial charge is 0.493 e. The van der Waals surface area contributed by atoms with Gasteiger partial charge in [0.15, 0.2) is 5.79 Å². The van der Waals surface area contributed by atoms with Crippen molar-refractivity contribution in [2.45, 2.75) is 70.7 Å². The fourth-order valence-electron chi connectivity index (χ4n) is 5.20. The lowest BCUT2D eigenvalue weighted by Gasteiger charge is -2.54. The molecular formula is C28H37NO5. The van der Waals surface area contributed by atoms with Crippen LogP contribution in [0.3, 0.4) is 0 Å².